The molecular weight excluding hydrogens is 386 g/mol. The number of ether oxygens (including phenoxy) is 2. The van der Waals surface area contributed by atoms with E-state index < -0.39 is 5.54 Å². The Morgan fingerprint density at radius 2 is 1.80 bits per heavy atom. The second kappa shape index (κ2) is 7.49. The first-order valence-electron chi connectivity index (χ1n) is 10.8. The molecule has 1 spiro atoms. The molecule has 8 heteroatoms. The van der Waals surface area contributed by atoms with E-state index in [1.807, 2.05) is 18.2 Å². The van der Waals surface area contributed by atoms with Gasteiger partial charge < -0.3 is 19.7 Å². The predicted octanol–water partition coefficient (Wildman–Crippen LogP) is 2.41. The van der Waals surface area contributed by atoms with Gasteiger partial charge in [-0.05, 0) is 30.5 Å². The third kappa shape index (κ3) is 3.38. The van der Waals surface area contributed by atoms with Gasteiger partial charge in [-0.2, -0.15) is 0 Å². The monoisotopic (exact) mass is 413 g/mol. The number of rotatable bonds is 4. The van der Waals surface area contributed by atoms with Crippen LogP contribution in [0.1, 0.15) is 50.5 Å². The van der Waals surface area contributed by atoms with Crippen molar-refractivity contribution in [2.45, 2.75) is 57.0 Å². The number of benzene rings is 1. The molecule has 8 nitrogen and oxygen atoms in total. The smallest absolute Gasteiger partial charge is 0.325 e. The molecule has 1 unspecified atom stereocenters. The van der Waals surface area contributed by atoms with Gasteiger partial charge in [-0.15, -0.1) is 0 Å². The first-order chi connectivity index (χ1) is 14.5. The van der Waals surface area contributed by atoms with E-state index in [9.17, 15) is 14.4 Å². The van der Waals surface area contributed by atoms with Gasteiger partial charge in [0.25, 0.3) is 5.91 Å². The van der Waals surface area contributed by atoms with Crippen molar-refractivity contribution in [3.8, 4) is 11.5 Å². The molecular formula is C22H27N3O5. The number of carbonyl (C=O) groups excluding carboxylic acids is 3. The van der Waals surface area contributed by atoms with E-state index in [0.717, 1.165) is 37.0 Å². The van der Waals surface area contributed by atoms with Gasteiger partial charge in [0.15, 0.2) is 11.5 Å². The van der Waals surface area contributed by atoms with Crippen molar-refractivity contribution in [1.29, 1.82) is 0 Å². The average molecular weight is 413 g/mol. The van der Waals surface area contributed by atoms with Gasteiger partial charge in [0.1, 0.15) is 5.54 Å². The zero-order valence-electron chi connectivity index (χ0n) is 17.0. The normalized spacial score (nSPS) is 25.2. The van der Waals surface area contributed by atoms with Crippen LogP contribution in [0.15, 0.2) is 18.2 Å². The molecule has 0 radical (unpaired) electrons. The molecule has 4 amide bonds. The summed E-state index contributed by atoms with van der Waals surface area (Å²) in [5.41, 5.74) is 0.253. The number of fused-ring (bicyclic) bond motifs is 1. The molecule has 3 aliphatic heterocycles. The maximum Gasteiger partial charge on any atom is 0.325 e. The van der Waals surface area contributed by atoms with Crippen molar-refractivity contribution in [3.05, 3.63) is 23.8 Å². The van der Waals surface area contributed by atoms with E-state index in [-0.39, 0.29) is 30.6 Å². The predicted molar refractivity (Wildman–Crippen MR) is 107 cm³/mol. The summed E-state index contributed by atoms with van der Waals surface area (Å²) < 4.78 is 10.7. The standard InChI is InChI=1S/C22H27N3O5/c26-19-10-16(12-24(19)11-15-5-6-17-18(9-15)30-14-29-17)13-25-20(27)22(23-21(25)28)7-3-1-2-4-8-22/h5-6,9,16H,1-4,7-8,10-14H2,(H,23,28). The Bertz CT molecular complexity index is 878. The first-order valence-corrected chi connectivity index (χ1v) is 10.8. The highest BCUT2D eigenvalue weighted by Gasteiger charge is 2.51. The van der Waals surface area contributed by atoms with Gasteiger partial charge in [0.05, 0.1) is 0 Å². The van der Waals surface area contributed by atoms with Crippen LogP contribution in [0.5, 0.6) is 11.5 Å². The topological polar surface area (TPSA) is 88.2 Å². The highest BCUT2D eigenvalue weighted by molar-refractivity contribution is 6.07. The fraction of sp³-hybridized carbons (Fsp3) is 0.591. The van der Waals surface area contributed by atoms with Crippen molar-refractivity contribution in [2.24, 2.45) is 5.92 Å². The number of hydrogen-bond donors (Lipinski definition) is 1. The molecule has 0 aromatic heterocycles. The quantitative estimate of drug-likeness (QED) is 0.766. The van der Waals surface area contributed by atoms with Gasteiger partial charge in [0.2, 0.25) is 12.7 Å². The van der Waals surface area contributed by atoms with Crippen LogP contribution in [0, 0.1) is 5.92 Å². The highest BCUT2D eigenvalue weighted by atomic mass is 16.7. The van der Waals surface area contributed by atoms with E-state index in [4.69, 9.17) is 9.47 Å². The van der Waals surface area contributed by atoms with E-state index in [1.165, 1.54) is 4.90 Å². The number of carbonyl (C=O) groups is 3. The summed E-state index contributed by atoms with van der Waals surface area (Å²) in [5.74, 6) is 1.33. The van der Waals surface area contributed by atoms with Crippen molar-refractivity contribution >= 4 is 17.8 Å². The van der Waals surface area contributed by atoms with E-state index in [1.54, 1.807) is 4.90 Å². The number of nitrogens with one attached hydrogen (secondary N) is 1. The third-order valence-electron chi connectivity index (χ3n) is 6.75. The lowest BCUT2D eigenvalue weighted by molar-refractivity contribution is -0.132. The van der Waals surface area contributed by atoms with Gasteiger partial charge in [-0.1, -0.05) is 31.7 Å². The minimum absolute atomic E-state index is 0.0397. The minimum Gasteiger partial charge on any atom is -0.454 e. The van der Waals surface area contributed by atoms with Gasteiger partial charge in [-0.3, -0.25) is 14.5 Å². The summed E-state index contributed by atoms with van der Waals surface area (Å²) in [6.07, 6.45) is 5.93. The molecule has 1 aromatic carbocycles. The lowest BCUT2D eigenvalue weighted by Gasteiger charge is -2.25. The molecule has 160 valence electrons. The molecule has 2 saturated heterocycles. The molecule has 5 rings (SSSR count). The second-order valence-corrected chi connectivity index (χ2v) is 8.87. The summed E-state index contributed by atoms with van der Waals surface area (Å²) in [5, 5.41) is 2.98. The van der Waals surface area contributed by atoms with Crippen LogP contribution in [0.4, 0.5) is 4.79 Å². The minimum atomic E-state index is -0.720. The highest BCUT2D eigenvalue weighted by Crippen LogP contribution is 2.35. The lowest BCUT2D eigenvalue weighted by Crippen LogP contribution is -2.46. The Balaban J connectivity index is 1.23. The SMILES string of the molecule is O=C1CC(CN2C(=O)NC3(CCCCCC3)C2=O)CN1Cc1ccc2c(c1)OCO2. The van der Waals surface area contributed by atoms with Gasteiger partial charge in [-0.25, -0.2) is 4.79 Å². The van der Waals surface area contributed by atoms with E-state index in [2.05, 4.69) is 5.32 Å². The van der Waals surface area contributed by atoms with Crippen molar-refractivity contribution in [2.75, 3.05) is 19.9 Å². The van der Waals surface area contributed by atoms with Crippen LogP contribution in [0.2, 0.25) is 0 Å². The van der Waals surface area contributed by atoms with Crippen molar-refractivity contribution in [1.82, 2.24) is 15.1 Å². The van der Waals surface area contributed by atoms with Crippen molar-refractivity contribution < 1.29 is 23.9 Å². The maximum absolute atomic E-state index is 13.1. The lowest BCUT2D eigenvalue weighted by atomic mass is 9.90. The second-order valence-electron chi connectivity index (χ2n) is 8.87. The summed E-state index contributed by atoms with van der Waals surface area (Å²) in [6.45, 7) is 1.54. The number of imide groups is 1. The first kappa shape index (κ1) is 19.2. The molecule has 1 aromatic rings. The number of hydrogen-bond acceptors (Lipinski definition) is 5. The Morgan fingerprint density at radius 3 is 2.60 bits per heavy atom. The summed E-state index contributed by atoms with van der Waals surface area (Å²) >= 11 is 0. The zero-order valence-corrected chi connectivity index (χ0v) is 17.0. The van der Waals surface area contributed by atoms with Crippen LogP contribution in [0.25, 0.3) is 0 Å². The van der Waals surface area contributed by atoms with E-state index >= 15 is 0 Å². The van der Waals surface area contributed by atoms with Gasteiger partial charge >= 0.3 is 6.03 Å². The number of nitrogens with zero attached hydrogens (tertiary/aromatic N) is 2. The molecule has 1 N–H and O–H groups in total. The molecule has 4 aliphatic rings. The molecule has 1 saturated carbocycles. The summed E-state index contributed by atoms with van der Waals surface area (Å²) in [6, 6.07) is 5.38. The number of likely N-dealkylation sites (tertiary alicyclic amines) is 1. The Hall–Kier alpha value is -2.77. The summed E-state index contributed by atoms with van der Waals surface area (Å²) in [7, 11) is 0. The fourth-order valence-corrected chi connectivity index (χ4v) is 5.16. The molecule has 1 aliphatic carbocycles. The number of urea groups is 1. The van der Waals surface area contributed by atoms with Crippen LogP contribution in [-0.2, 0) is 16.1 Å². The molecule has 1 atom stereocenters. The van der Waals surface area contributed by atoms with Crippen LogP contribution < -0.4 is 14.8 Å². The van der Waals surface area contributed by atoms with E-state index in [0.29, 0.717) is 44.6 Å². The average Bonchev–Trinajstić information content (AvgIpc) is 3.32. The molecule has 3 heterocycles. The van der Waals surface area contributed by atoms with Gasteiger partial charge in [0, 0.05) is 32.0 Å². The number of amides is 4. The Kier molecular flexibility index (Phi) is 4.79. The largest absolute Gasteiger partial charge is 0.454 e. The van der Waals surface area contributed by atoms with Crippen LogP contribution >= 0.6 is 0 Å². The van der Waals surface area contributed by atoms with Crippen LogP contribution in [-0.4, -0.2) is 53.1 Å². The Labute approximate surface area is 175 Å². The molecule has 30 heavy (non-hydrogen) atoms. The van der Waals surface area contributed by atoms with Crippen molar-refractivity contribution in [3.63, 3.8) is 0 Å². The molecule has 3 fully saturated rings. The maximum atomic E-state index is 13.1. The Morgan fingerprint density at radius 1 is 1.03 bits per heavy atom. The fourth-order valence-electron chi connectivity index (χ4n) is 5.16. The molecule has 0 bridgehead atoms. The third-order valence-corrected chi connectivity index (χ3v) is 6.75. The zero-order chi connectivity index (χ0) is 20.7. The van der Waals surface area contributed by atoms with Crippen LogP contribution in [0.3, 0.4) is 0 Å². The summed E-state index contributed by atoms with van der Waals surface area (Å²) in [4.78, 5) is 41.4.